The molecule has 1 aliphatic rings. The Hall–Kier alpha value is -2.31. The quantitative estimate of drug-likeness (QED) is 0.752. The largest absolute Gasteiger partial charge is 0.490 e. The summed E-state index contributed by atoms with van der Waals surface area (Å²) < 4.78 is 31.7. The van der Waals surface area contributed by atoms with Crippen molar-refractivity contribution >= 4 is 23.9 Å². The zero-order chi connectivity index (χ0) is 13.6. The highest BCUT2D eigenvalue weighted by Crippen LogP contribution is 2.17. The first-order chi connectivity index (χ1) is 8.41. The maximum absolute atomic E-state index is 10.6. The van der Waals surface area contributed by atoms with Crippen LogP contribution in [0, 0.1) is 0 Å². The molecule has 96 valence electrons. The fourth-order valence-corrected chi connectivity index (χ4v) is 1.04. The van der Waals surface area contributed by atoms with Crippen molar-refractivity contribution < 1.29 is 23.1 Å². The average molecular weight is 258 g/mol. The molecule has 1 aliphatic heterocycles. The third kappa shape index (κ3) is 4.28. The van der Waals surface area contributed by atoms with E-state index in [1.165, 1.54) is 5.56 Å². The Balaban J connectivity index is 0.000000203. The van der Waals surface area contributed by atoms with Gasteiger partial charge < -0.3 is 5.11 Å². The van der Waals surface area contributed by atoms with Crippen molar-refractivity contribution in [3.63, 3.8) is 0 Å². The molecule has 0 unspecified atom stereocenters. The second-order valence-corrected chi connectivity index (χ2v) is 3.14. The highest BCUT2D eigenvalue weighted by molar-refractivity contribution is 5.83. The summed E-state index contributed by atoms with van der Waals surface area (Å²) in [5.41, 5.74) is 5.16. The molecule has 0 fully saturated rings. The van der Waals surface area contributed by atoms with Gasteiger partial charge >= 0.3 is 12.1 Å². The summed E-state index contributed by atoms with van der Waals surface area (Å²) in [4.78, 5) is 8.90. The summed E-state index contributed by atoms with van der Waals surface area (Å²) in [6.45, 7) is 0. The van der Waals surface area contributed by atoms with Crippen LogP contribution in [-0.2, 0) is 4.79 Å². The van der Waals surface area contributed by atoms with E-state index in [0.717, 1.165) is 5.69 Å². The first-order valence-electron chi connectivity index (χ1n) is 4.76. The Morgan fingerprint density at radius 3 is 2.50 bits per heavy atom. The SMILES string of the molecule is C1=Cc2ccccc2NN=C1.O=C(O)C(F)(F)F. The molecule has 2 rings (SSSR count). The normalized spacial score (nSPS) is 12.6. The van der Waals surface area contributed by atoms with Crippen LogP contribution in [0.4, 0.5) is 18.9 Å². The van der Waals surface area contributed by atoms with Gasteiger partial charge in [-0.15, -0.1) is 0 Å². The van der Waals surface area contributed by atoms with Gasteiger partial charge in [-0.2, -0.15) is 18.3 Å². The van der Waals surface area contributed by atoms with Gasteiger partial charge in [-0.25, -0.2) is 4.79 Å². The third-order valence-electron chi connectivity index (χ3n) is 1.82. The lowest BCUT2D eigenvalue weighted by atomic mass is 10.2. The van der Waals surface area contributed by atoms with Crippen LogP contribution in [0.3, 0.4) is 0 Å². The molecule has 18 heavy (non-hydrogen) atoms. The van der Waals surface area contributed by atoms with Crippen LogP contribution < -0.4 is 5.43 Å². The third-order valence-corrected chi connectivity index (χ3v) is 1.82. The van der Waals surface area contributed by atoms with Crippen LogP contribution in [-0.4, -0.2) is 23.5 Å². The number of hydrogen-bond acceptors (Lipinski definition) is 3. The number of para-hydroxylation sites is 1. The summed E-state index contributed by atoms with van der Waals surface area (Å²) in [5.74, 6) is -2.76. The zero-order valence-electron chi connectivity index (χ0n) is 8.98. The van der Waals surface area contributed by atoms with Gasteiger partial charge in [-0.1, -0.05) is 24.3 Å². The van der Waals surface area contributed by atoms with Crippen molar-refractivity contribution in [2.75, 3.05) is 5.43 Å². The Kier molecular flexibility index (Phi) is 4.47. The van der Waals surface area contributed by atoms with Gasteiger partial charge in [0.2, 0.25) is 0 Å². The van der Waals surface area contributed by atoms with Crippen molar-refractivity contribution in [1.82, 2.24) is 0 Å². The first-order valence-corrected chi connectivity index (χ1v) is 4.76. The molecule has 0 radical (unpaired) electrons. The molecule has 0 saturated heterocycles. The highest BCUT2D eigenvalue weighted by Gasteiger charge is 2.38. The minimum absolute atomic E-state index is 1.05. The van der Waals surface area contributed by atoms with E-state index in [1.54, 1.807) is 6.21 Å². The Labute approximate surface area is 100 Å². The molecule has 1 aromatic carbocycles. The van der Waals surface area contributed by atoms with Crippen molar-refractivity contribution in [3.05, 3.63) is 35.9 Å². The number of alkyl halides is 3. The molecular formula is C11H9F3N2O2. The van der Waals surface area contributed by atoms with Gasteiger partial charge in [-0.05, 0) is 17.7 Å². The predicted molar refractivity (Wildman–Crippen MR) is 61.3 cm³/mol. The van der Waals surface area contributed by atoms with Crippen LogP contribution in [0.25, 0.3) is 6.08 Å². The molecule has 0 bridgehead atoms. The van der Waals surface area contributed by atoms with Crippen molar-refractivity contribution in [2.24, 2.45) is 5.10 Å². The molecule has 0 saturated carbocycles. The number of aliphatic carboxylic acids is 1. The van der Waals surface area contributed by atoms with Crippen LogP contribution in [0.15, 0.2) is 35.4 Å². The molecule has 0 amide bonds. The van der Waals surface area contributed by atoms with E-state index in [9.17, 15) is 13.2 Å². The van der Waals surface area contributed by atoms with E-state index in [0.29, 0.717) is 0 Å². The fourth-order valence-electron chi connectivity index (χ4n) is 1.04. The number of nitrogens with zero attached hydrogens (tertiary/aromatic N) is 1. The number of allylic oxidation sites excluding steroid dienone is 1. The maximum Gasteiger partial charge on any atom is 0.490 e. The van der Waals surface area contributed by atoms with Gasteiger partial charge in [-0.3, -0.25) is 5.43 Å². The zero-order valence-corrected chi connectivity index (χ0v) is 8.98. The smallest absolute Gasteiger partial charge is 0.475 e. The van der Waals surface area contributed by atoms with E-state index in [-0.39, 0.29) is 0 Å². The number of carboxylic acids is 1. The predicted octanol–water partition coefficient (Wildman–Crippen LogP) is 2.74. The number of nitrogens with one attached hydrogen (secondary N) is 1. The minimum atomic E-state index is -5.08. The van der Waals surface area contributed by atoms with E-state index in [2.05, 4.69) is 10.5 Å². The van der Waals surface area contributed by atoms with E-state index in [1.807, 2.05) is 36.4 Å². The number of carbonyl (C=O) groups is 1. The molecule has 1 aromatic rings. The van der Waals surface area contributed by atoms with Crippen molar-refractivity contribution in [2.45, 2.75) is 6.18 Å². The molecular weight excluding hydrogens is 249 g/mol. The maximum atomic E-state index is 10.6. The van der Waals surface area contributed by atoms with Crippen LogP contribution in [0.2, 0.25) is 0 Å². The Bertz CT molecular complexity index is 481. The van der Waals surface area contributed by atoms with E-state index >= 15 is 0 Å². The molecule has 0 atom stereocenters. The van der Waals surface area contributed by atoms with E-state index < -0.39 is 12.1 Å². The second-order valence-electron chi connectivity index (χ2n) is 3.14. The lowest BCUT2D eigenvalue weighted by molar-refractivity contribution is -0.192. The summed E-state index contributed by atoms with van der Waals surface area (Å²) in [6.07, 6.45) is 0.595. The number of hydrogen-bond donors (Lipinski definition) is 2. The summed E-state index contributed by atoms with van der Waals surface area (Å²) in [7, 11) is 0. The number of hydrazone groups is 1. The number of fused-ring (bicyclic) bond motifs is 1. The number of rotatable bonds is 0. The molecule has 7 heteroatoms. The standard InChI is InChI=1S/C9H8N2.C2HF3O2/c1-2-6-9-8(4-1)5-3-7-10-11-9;3-2(4,5)1(6)7/h1-7,11H;(H,6,7). The molecule has 4 nitrogen and oxygen atoms in total. The van der Waals surface area contributed by atoms with Crippen molar-refractivity contribution in [1.29, 1.82) is 0 Å². The summed E-state index contributed by atoms with van der Waals surface area (Å²) in [6, 6.07) is 8.05. The second kappa shape index (κ2) is 5.85. The molecule has 0 aliphatic carbocycles. The number of halogens is 3. The number of anilines is 1. The minimum Gasteiger partial charge on any atom is -0.475 e. The van der Waals surface area contributed by atoms with E-state index in [4.69, 9.17) is 9.90 Å². The van der Waals surface area contributed by atoms with Crippen molar-refractivity contribution in [3.8, 4) is 0 Å². The Morgan fingerprint density at radius 2 is 1.89 bits per heavy atom. The summed E-state index contributed by atoms with van der Waals surface area (Å²) in [5, 5.41) is 11.1. The topological polar surface area (TPSA) is 61.7 Å². The van der Waals surface area contributed by atoms with Gasteiger partial charge in [0.05, 0.1) is 5.69 Å². The monoisotopic (exact) mass is 258 g/mol. The number of carboxylic acid groups (broad SMARTS) is 1. The number of benzene rings is 1. The molecule has 0 spiro atoms. The van der Waals surface area contributed by atoms with Gasteiger partial charge in [0.1, 0.15) is 0 Å². The van der Waals surface area contributed by atoms with Crippen LogP contribution >= 0.6 is 0 Å². The summed E-state index contributed by atoms with van der Waals surface area (Å²) >= 11 is 0. The molecule has 0 aromatic heterocycles. The van der Waals surface area contributed by atoms with Gasteiger partial charge in [0, 0.05) is 6.21 Å². The lowest BCUT2D eigenvalue weighted by Crippen LogP contribution is -2.21. The van der Waals surface area contributed by atoms with Crippen LogP contribution in [0.5, 0.6) is 0 Å². The highest BCUT2D eigenvalue weighted by atomic mass is 19.4. The first kappa shape index (κ1) is 13.8. The lowest BCUT2D eigenvalue weighted by Gasteiger charge is -2.00. The Morgan fingerprint density at radius 1 is 1.28 bits per heavy atom. The molecule has 2 N–H and O–H groups in total. The van der Waals surface area contributed by atoms with Gasteiger partial charge in [0.15, 0.2) is 0 Å². The van der Waals surface area contributed by atoms with Crippen LogP contribution in [0.1, 0.15) is 5.56 Å². The fraction of sp³-hybridized carbons (Fsp3) is 0.0909. The average Bonchev–Trinajstić information content (AvgIpc) is 2.53. The molecule has 1 heterocycles. The van der Waals surface area contributed by atoms with Gasteiger partial charge in [0.25, 0.3) is 0 Å².